The van der Waals surface area contributed by atoms with E-state index in [9.17, 15) is 9.59 Å². The van der Waals surface area contributed by atoms with Crippen LogP contribution in [0.5, 0.6) is 0 Å². The summed E-state index contributed by atoms with van der Waals surface area (Å²) in [5.74, 6) is -2.94. The van der Waals surface area contributed by atoms with Gasteiger partial charge in [-0.2, -0.15) is 0 Å². The molecule has 1 aromatic carbocycles. The first-order chi connectivity index (χ1) is 7.40. The second-order valence-electron chi connectivity index (χ2n) is 3.21. The molecule has 6 heteroatoms. The van der Waals surface area contributed by atoms with Gasteiger partial charge in [0.15, 0.2) is 0 Å². The zero-order valence-electron chi connectivity index (χ0n) is 8.33. The van der Waals surface area contributed by atoms with Crippen molar-refractivity contribution in [2.24, 2.45) is 5.92 Å². The van der Waals surface area contributed by atoms with Crippen molar-refractivity contribution in [3.8, 4) is 0 Å². The SMILES string of the molecule is CC(C(=O)O)C(=O)Nc1cc(Cl)cc(Cl)c1. The van der Waals surface area contributed by atoms with Crippen molar-refractivity contribution >= 4 is 40.8 Å². The maximum atomic E-state index is 11.4. The second-order valence-corrected chi connectivity index (χ2v) is 4.08. The van der Waals surface area contributed by atoms with Gasteiger partial charge in [0.05, 0.1) is 0 Å². The van der Waals surface area contributed by atoms with Crippen LogP contribution in [0.25, 0.3) is 0 Å². The number of carboxylic acid groups (broad SMARTS) is 1. The summed E-state index contributed by atoms with van der Waals surface area (Å²) >= 11 is 11.4. The molecule has 16 heavy (non-hydrogen) atoms. The molecule has 1 unspecified atom stereocenters. The highest BCUT2D eigenvalue weighted by Gasteiger charge is 2.20. The Bertz CT molecular complexity index is 414. The standard InChI is InChI=1S/C10H9Cl2NO3/c1-5(10(15)16)9(14)13-8-3-6(11)2-7(12)4-8/h2-5H,1H3,(H,13,14)(H,15,16). The molecule has 0 bridgehead atoms. The fourth-order valence-electron chi connectivity index (χ4n) is 0.989. The Morgan fingerprint density at radius 3 is 2.19 bits per heavy atom. The summed E-state index contributed by atoms with van der Waals surface area (Å²) in [4.78, 5) is 22.0. The highest BCUT2D eigenvalue weighted by Crippen LogP contribution is 2.22. The number of aliphatic carboxylic acids is 1. The molecule has 1 amide bonds. The molecule has 0 heterocycles. The number of halogens is 2. The Morgan fingerprint density at radius 1 is 1.25 bits per heavy atom. The van der Waals surface area contributed by atoms with E-state index in [0.29, 0.717) is 15.7 Å². The van der Waals surface area contributed by atoms with Crippen molar-refractivity contribution < 1.29 is 14.7 Å². The first kappa shape index (κ1) is 12.8. The summed E-state index contributed by atoms with van der Waals surface area (Å²) in [5, 5.41) is 11.8. The van der Waals surface area contributed by atoms with Gasteiger partial charge in [0, 0.05) is 15.7 Å². The van der Waals surface area contributed by atoms with E-state index in [1.54, 1.807) is 0 Å². The van der Waals surface area contributed by atoms with E-state index in [1.165, 1.54) is 25.1 Å². The molecule has 1 aromatic rings. The lowest BCUT2D eigenvalue weighted by molar-refractivity contribution is -0.144. The van der Waals surface area contributed by atoms with Crippen LogP contribution in [0.2, 0.25) is 10.0 Å². The Balaban J connectivity index is 2.81. The lowest BCUT2D eigenvalue weighted by Gasteiger charge is -2.08. The number of amides is 1. The molecule has 0 saturated heterocycles. The molecule has 86 valence electrons. The van der Waals surface area contributed by atoms with E-state index in [0.717, 1.165) is 0 Å². The van der Waals surface area contributed by atoms with Crippen LogP contribution in [0, 0.1) is 5.92 Å². The Kier molecular flexibility index (Phi) is 4.15. The van der Waals surface area contributed by atoms with Gasteiger partial charge in [-0.1, -0.05) is 23.2 Å². The molecule has 4 nitrogen and oxygen atoms in total. The summed E-state index contributed by atoms with van der Waals surface area (Å²) in [5.41, 5.74) is 0.371. The summed E-state index contributed by atoms with van der Waals surface area (Å²) in [6.45, 7) is 1.30. The van der Waals surface area contributed by atoms with Crippen LogP contribution in [0.3, 0.4) is 0 Å². The molecule has 0 aliphatic heterocycles. The average molecular weight is 262 g/mol. The second kappa shape index (κ2) is 5.18. The third-order valence-electron chi connectivity index (χ3n) is 1.89. The maximum Gasteiger partial charge on any atom is 0.315 e. The number of anilines is 1. The van der Waals surface area contributed by atoms with Crippen LogP contribution in [-0.4, -0.2) is 17.0 Å². The molecule has 0 aliphatic rings. The van der Waals surface area contributed by atoms with Gasteiger partial charge in [0.25, 0.3) is 0 Å². The first-order valence-corrected chi connectivity index (χ1v) is 5.15. The fraction of sp³-hybridized carbons (Fsp3) is 0.200. The van der Waals surface area contributed by atoms with E-state index in [2.05, 4.69) is 5.32 Å². The smallest absolute Gasteiger partial charge is 0.315 e. The zero-order chi connectivity index (χ0) is 12.3. The van der Waals surface area contributed by atoms with Crippen molar-refractivity contribution in [3.05, 3.63) is 28.2 Å². The fourth-order valence-corrected chi connectivity index (χ4v) is 1.51. The van der Waals surface area contributed by atoms with Gasteiger partial charge in [-0.15, -0.1) is 0 Å². The number of carboxylic acids is 1. The number of hydrogen-bond donors (Lipinski definition) is 2. The molecule has 0 spiro atoms. The quantitative estimate of drug-likeness (QED) is 0.823. The Labute approximate surface area is 102 Å². The topological polar surface area (TPSA) is 66.4 Å². The van der Waals surface area contributed by atoms with E-state index >= 15 is 0 Å². The Morgan fingerprint density at radius 2 is 1.75 bits per heavy atom. The van der Waals surface area contributed by atoms with Crippen molar-refractivity contribution in [1.29, 1.82) is 0 Å². The van der Waals surface area contributed by atoms with Crippen LogP contribution >= 0.6 is 23.2 Å². The van der Waals surface area contributed by atoms with E-state index in [-0.39, 0.29) is 0 Å². The predicted octanol–water partition coefficient (Wildman–Crippen LogP) is 2.65. The van der Waals surface area contributed by atoms with E-state index < -0.39 is 17.8 Å². The minimum atomic E-state index is -1.19. The first-order valence-electron chi connectivity index (χ1n) is 4.40. The van der Waals surface area contributed by atoms with Crippen LogP contribution in [0.15, 0.2) is 18.2 Å². The molecule has 0 aromatic heterocycles. The number of hydrogen-bond acceptors (Lipinski definition) is 2. The molecule has 2 N–H and O–H groups in total. The zero-order valence-corrected chi connectivity index (χ0v) is 9.84. The highest BCUT2D eigenvalue weighted by molar-refractivity contribution is 6.35. The van der Waals surface area contributed by atoms with Gasteiger partial charge in [-0.05, 0) is 25.1 Å². The molecule has 0 saturated carbocycles. The highest BCUT2D eigenvalue weighted by atomic mass is 35.5. The van der Waals surface area contributed by atoms with Crippen LogP contribution in [0.4, 0.5) is 5.69 Å². The molecule has 0 fully saturated rings. The maximum absolute atomic E-state index is 11.4. The van der Waals surface area contributed by atoms with Gasteiger partial charge in [-0.3, -0.25) is 9.59 Å². The van der Waals surface area contributed by atoms with E-state index in [4.69, 9.17) is 28.3 Å². The minimum Gasteiger partial charge on any atom is -0.481 e. The van der Waals surface area contributed by atoms with Gasteiger partial charge >= 0.3 is 5.97 Å². The minimum absolute atomic E-state index is 0.366. The lowest BCUT2D eigenvalue weighted by atomic mass is 10.1. The van der Waals surface area contributed by atoms with Gasteiger partial charge < -0.3 is 10.4 Å². The summed E-state index contributed by atoms with van der Waals surface area (Å²) < 4.78 is 0. The third-order valence-corrected chi connectivity index (χ3v) is 2.33. The van der Waals surface area contributed by atoms with Crippen molar-refractivity contribution in [2.45, 2.75) is 6.92 Å². The number of nitrogens with one attached hydrogen (secondary N) is 1. The number of rotatable bonds is 3. The van der Waals surface area contributed by atoms with Crippen molar-refractivity contribution in [3.63, 3.8) is 0 Å². The largest absolute Gasteiger partial charge is 0.481 e. The normalized spacial score (nSPS) is 11.9. The van der Waals surface area contributed by atoms with E-state index in [1.807, 2.05) is 0 Å². The van der Waals surface area contributed by atoms with Crippen LogP contribution in [-0.2, 0) is 9.59 Å². The predicted molar refractivity (Wildman–Crippen MR) is 61.9 cm³/mol. The summed E-state index contributed by atoms with van der Waals surface area (Å²) in [6.07, 6.45) is 0. The van der Waals surface area contributed by atoms with Gasteiger partial charge in [-0.25, -0.2) is 0 Å². The molecule has 1 rings (SSSR count). The van der Waals surface area contributed by atoms with Gasteiger partial charge in [0.1, 0.15) is 5.92 Å². The van der Waals surface area contributed by atoms with Crippen LogP contribution < -0.4 is 5.32 Å². The van der Waals surface area contributed by atoms with Crippen molar-refractivity contribution in [1.82, 2.24) is 0 Å². The molecule has 1 atom stereocenters. The number of carbonyl (C=O) groups excluding carboxylic acids is 1. The summed E-state index contributed by atoms with van der Waals surface area (Å²) in [6, 6.07) is 4.49. The monoisotopic (exact) mass is 261 g/mol. The molecular formula is C10H9Cl2NO3. The molecule has 0 aliphatic carbocycles. The van der Waals surface area contributed by atoms with Gasteiger partial charge in [0.2, 0.25) is 5.91 Å². The van der Waals surface area contributed by atoms with Crippen LogP contribution in [0.1, 0.15) is 6.92 Å². The number of benzene rings is 1. The molecular weight excluding hydrogens is 253 g/mol. The summed E-state index contributed by atoms with van der Waals surface area (Å²) in [7, 11) is 0. The number of carbonyl (C=O) groups is 2. The van der Waals surface area contributed by atoms with Crippen molar-refractivity contribution in [2.75, 3.05) is 5.32 Å². The average Bonchev–Trinajstić information content (AvgIpc) is 2.14. The third kappa shape index (κ3) is 3.40. The Hall–Kier alpha value is -1.26. The lowest BCUT2D eigenvalue weighted by Crippen LogP contribution is -2.26. The molecule has 0 radical (unpaired) electrons.